The van der Waals surface area contributed by atoms with Gasteiger partial charge in [-0.25, -0.2) is 9.18 Å². The van der Waals surface area contributed by atoms with Gasteiger partial charge in [0.25, 0.3) is 0 Å². The van der Waals surface area contributed by atoms with Crippen molar-refractivity contribution in [2.24, 2.45) is 0 Å². The van der Waals surface area contributed by atoms with Crippen molar-refractivity contribution in [3.05, 3.63) is 47.9 Å². The Labute approximate surface area is 119 Å². The van der Waals surface area contributed by atoms with E-state index in [0.717, 1.165) is 12.0 Å². The molecule has 1 heterocycles. The van der Waals surface area contributed by atoms with Crippen LogP contribution in [-0.4, -0.2) is 23.1 Å². The Hall–Kier alpha value is -1.84. The maximum absolute atomic E-state index is 12.9. The number of hydrogen-bond acceptors (Lipinski definition) is 2. The highest BCUT2D eigenvalue weighted by atomic mass is 19.1. The molecule has 0 fully saturated rings. The van der Waals surface area contributed by atoms with Crippen molar-refractivity contribution >= 4 is 6.09 Å². The molecule has 1 amide bonds. The fraction of sp³-hybridized carbons (Fsp3) is 0.438. The number of nitrogens with zero attached hydrogens (tertiary/aromatic N) is 1. The minimum Gasteiger partial charge on any atom is -0.443 e. The van der Waals surface area contributed by atoms with Crippen molar-refractivity contribution in [2.75, 3.05) is 6.54 Å². The van der Waals surface area contributed by atoms with Crippen LogP contribution < -0.4 is 0 Å². The van der Waals surface area contributed by atoms with Crippen LogP contribution in [0.1, 0.15) is 38.7 Å². The van der Waals surface area contributed by atoms with E-state index in [-0.39, 0.29) is 17.8 Å². The van der Waals surface area contributed by atoms with Crippen LogP contribution in [0.2, 0.25) is 0 Å². The van der Waals surface area contributed by atoms with Crippen molar-refractivity contribution < 1.29 is 13.9 Å². The largest absolute Gasteiger partial charge is 0.443 e. The van der Waals surface area contributed by atoms with Crippen LogP contribution in [0.15, 0.2) is 36.5 Å². The molecular formula is C16H20FNO2. The second-order valence-electron chi connectivity index (χ2n) is 5.96. The van der Waals surface area contributed by atoms with E-state index in [1.165, 1.54) is 12.1 Å². The van der Waals surface area contributed by atoms with E-state index < -0.39 is 5.60 Å². The maximum Gasteiger partial charge on any atom is 0.414 e. The Balaban J connectivity index is 2.00. The molecule has 1 atom stereocenters. The zero-order valence-corrected chi connectivity index (χ0v) is 12.1. The normalized spacial score (nSPS) is 19.0. The topological polar surface area (TPSA) is 29.5 Å². The van der Waals surface area contributed by atoms with Gasteiger partial charge >= 0.3 is 6.09 Å². The molecule has 0 saturated heterocycles. The first-order valence-electron chi connectivity index (χ1n) is 6.78. The molecule has 0 aromatic heterocycles. The summed E-state index contributed by atoms with van der Waals surface area (Å²) in [6, 6.07) is 6.49. The summed E-state index contributed by atoms with van der Waals surface area (Å²) >= 11 is 0. The number of carbonyl (C=O) groups excluding carboxylic acids is 1. The molecule has 0 N–H and O–H groups in total. The van der Waals surface area contributed by atoms with Gasteiger partial charge in [-0.3, -0.25) is 4.90 Å². The van der Waals surface area contributed by atoms with E-state index in [9.17, 15) is 9.18 Å². The van der Waals surface area contributed by atoms with E-state index in [2.05, 4.69) is 0 Å². The van der Waals surface area contributed by atoms with E-state index in [1.54, 1.807) is 23.2 Å². The molecule has 1 aromatic rings. The Morgan fingerprint density at radius 2 is 1.95 bits per heavy atom. The number of halogens is 1. The SMILES string of the molecule is CC(C)(C)OC(=O)N1C=C[C@@H](c2ccc(F)cc2)CC1. The molecule has 4 heteroatoms. The zero-order chi connectivity index (χ0) is 14.8. The van der Waals surface area contributed by atoms with Crippen LogP contribution in [0.25, 0.3) is 0 Å². The minimum atomic E-state index is -0.487. The monoisotopic (exact) mass is 277 g/mol. The summed E-state index contributed by atoms with van der Waals surface area (Å²) in [5.41, 5.74) is 0.574. The van der Waals surface area contributed by atoms with Gasteiger partial charge in [-0.1, -0.05) is 18.2 Å². The van der Waals surface area contributed by atoms with Gasteiger partial charge in [-0.15, -0.1) is 0 Å². The summed E-state index contributed by atoms with van der Waals surface area (Å²) in [5, 5.41) is 0. The predicted octanol–water partition coefficient (Wildman–Crippen LogP) is 4.06. The second kappa shape index (κ2) is 5.65. The summed E-state index contributed by atoms with van der Waals surface area (Å²) < 4.78 is 18.2. The van der Waals surface area contributed by atoms with Crippen molar-refractivity contribution in [2.45, 2.75) is 38.7 Å². The number of ether oxygens (including phenoxy) is 1. The van der Waals surface area contributed by atoms with E-state index >= 15 is 0 Å². The summed E-state index contributed by atoms with van der Waals surface area (Å²) in [6.45, 7) is 6.15. The Bertz CT molecular complexity index is 502. The third-order valence-electron chi connectivity index (χ3n) is 3.11. The number of allylic oxidation sites excluding steroid dienone is 1. The summed E-state index contributed by atoms with van der Waals surface area (Å²) in [6.07, 6.45) is 4.19. The molecule has 108 valence electrons. The molecule has 0 spiro atoms. The number of carbonyl (C=O) groups is 1. The average molecular weight is 277 g/mol. The van der Waals surface area contributed by atoms with Gasteiger partial charge in [0.2, 0.25) is 0 Å². The quantitative estimate of drug-likeness (QED) is 0.774. The van der Waals surface area contributed by atoms with Gasteiger partial charge in [0.05, 0.1) is 0 Å². The molecule has 0 radical (unpaired) electrons. The predicted molar refractivity (Wildman–Crippen MR) is 75.8 cm³/mol. The van der Waals surface area contributed by atoms with Crippen LogP contribution >= 0.6 is 0 Å². The molecule has 20 heavy (non-hydrogen) atoms. The average Bonchev–Trinajstić information content (AvgIpc) is 2.38. The molecule has 0 saturated carbocycles. The standard InChI is InChI=1S/C16H20FNO2/c1-16(2,3)20-15(19)18-10-8-13(9-11-18)12-4-6-14(17)7-5-12/h4-8,10,13H,9,11H2,1-3H3/t13-/m1/s1. The fourth-order valence-electron chi connectivity index (χ4n) is 2.12. The van der Waals surface area contributed by atoms with E-state index in [4.69, 9.17) is 4.74 Å². The molecule has 1 aromatic carbocycles. The Morgan fingerprint density at radius 3 is 2.45 bits per heavy atom. The molecule has 0 aliphatic carbocycles. The minimum absolute atomic E-state index is 0.217. The molecular weight excluding hydrogens is 257 g/mol. The van der Waals surface area contributed by atoms with E-state index in [1.807, 2.05) is 26.8 Å². The Kier molecular flexibility index (Phi) is 4.12. The molecule has 1 aliphatic heterocycles. The summed E-state index contributed by atoms with van der Waals surface area (Å²) in [7, 11) is 0. The maximum atomic E-state index is 12.9. The lowest BCUT2D eigenvalue weighted by Crippen LogP contribution is -2.36. The van der Waals surface area contributed by atoms with Crippen LogP contribution in [0.3, 0.4) is 0 Å². The lowest BCUT2D eigenvalue weighted by Gasteiger charge is -2.29. The van der Waals surface area contributed by atoms with Crippen LogP contribution in [0, 0.1) is 5.82 Å². The second-order valence-corrected chi connectivity index (χ2v) is 5.96. The first-order chi connectivity index (χ1) is 9.35. The fourth-order valence-corrected chi connectivity index (χ4v) is 2.12. The summed E-state index contributed by atoms with van der Waals surface area (Å²) in [4.78, 5) is 13.5. The van der Waals surface area contributed by atoms with Crippen molar-refractivity contribution in [3.63, 3.8) is 0 Å². The summed E-state index contributed by atoms with van der Waals surface area (Å²) in [5.74, 6) is -0.0155. The highest BCUT2D eigenvalue weighted by molar-refractivity contribution is 5.69. The van der Waals surface area contributed by atoms with Gasteiger partial charge in [-0.05, 0) is 44.9 Å². The number of benzene rings is 1. The van der Waals surface area contributed by atoms with Crippen LogP contribution in [-0.2, 0) is 4.74 Å². The lowest BCUT2D eigenvalue weighted by molar-refractivity contribution is 0.0324. The van der Waals surface area contributed by atoms with Crippen molar-refractivity contribution in [1.82, 2.24) is 4.90 Å². The van der Waals surface area contributed by atoms with Gasteiger partial charge in [0.1, 0.15) is 11.4 Å². The number of rotatable bonds is 1. The first-order valence-corrected chi connectivity index (χ1v) is 6.78. The highest BCUT2D eigenvalue weighted by Crippen LogP contribution is 2.26. The molecule has 0 bridgehead atoms. The molecule has 3 nitrogen and oxygen atoms in total. The molecule has 0 unspecified atom stereocenters. The van der Waals surface area contributed by atoms with Gasteiger partial charge in [-0.2, -0.15) is 0 Å². The number of amides is 1. The Morgan fingerprint density at radius 1 is 1.30 bits per heavy atom. The van der Waals surface area contributed by atoms with Crippen LogP contribution in [0.4, 0.5) is 9.18 Å². The van der Waals surface area contributed by atoms with Gasteiger partial charge < -0.3 is 4.74 Å². The van der Waals surface area contributed by atoms with Crippen LogP contribution in [0.5, 0.6) is 0 Å². The van der Waals surface area contributed by atoms with E-state index in [0.29, 0.717) is 6.54 Å². The molecule has 2 rings (SSSR count). The zero-order valence-electron chi connectivity index (χ0n) is 12.1. The molecule has 1 aliphatic rings. The van der Waals surface area contributed by atoms with Gasteiger partial charge in [0.15, 0.2) is 0 Å². The highest BCUT2D eigenvalue weighted by Gasteiger charge is 2.24. The van der Waals surface area contributed by atoms with Crippen molar-refractivity contribution in [3.8, 4) is 0 Å². The number of hydrogen-bond donors (Lipinski definition) is 0. The van der Waals surface area contributed by atoms with Gasteiger partial charge in [0, 0.05) is 18.7 Å². The van der Waals surface area contributed by atoms with Crippen molar-refractivity contribution in [1.29, 1.82) is 0 Å². The smallest absolute Gasteiger partial charge is 0.414 e. The third-order valence-corrected chi connectivity index (χ3v) is 3.11. The first kappa shape index (κ1) is 14.6. The third kappa shape index (κ3) is 3.83. The lowest BCUT2D eigenvalue weighted by atomic mass is 9.94.